The Morgan fingerprint density at radius 2 is 1.86 bits per heavy atom. The normalized spacial score (nSPS) is 12.1. The molecular weight excluding hydrogens is 433 g/mol. The van der Waals surface area contributed by atoms with E-state index in [1.54, 1.807) is 6.07 Å². The highest BCUT2D eigenvalue weighted by Crippen LogP contribution is 2.28. The zero-order valence-electron chi connectivity index (χ0n) is 15.8. The molecule has 0 saturated heterocycles. The Balaban J connectivity index is 2.03. The van der Waals surface area contributed by atoms with Crippen LogP contribution in [0, 0.1) is 0 Å². The van der Waals surface area contributed by atoms with Crippen molar-refractivity contribution in [3.05, 3.63) is 64.5 Å². The number of anilines is 1. The highest BCUT2D eigenvalue weighted by atomic mass is 35.5. The molecule has 0 amide bonds. The summed E-state index contributed by atoms with van der Waals surface area (Å²) in [6.07, 6.45) is 4.02. The maximum absolute atomic E-state index is 11.1. The van der Waals surface area contributed by atoms with Crippen molar-refractivity contribution in [1.29, 1.82) is 0 Å². The fourth-order valence-electron chi connectivity index (χ4n) is 3.25. The van der Waals surface area contributed by atoms with Crippen LogP contribution in [0.1, 0.15) is 19.2 Å². The minimum atomic E-state index is -4.02. The summed E-state index contributed by atoms with van der Waals surface area (Å²) in [6, 6.07) is 13.3. The van der Waals surface area contributed by atoms with Gasteiger partial charge in [-0.15, -0.1) is 0 Å². The van der Waals surface area contributed by atoms with Crippen molar-refractivity contribution in [3.63, 3.8) is 0 Å². The third kappa shape index (κ3) is 5.30. The smallest absolute Gasteiger partial charge is 0.283 e. The number of fused-ring (bicyclic) bond motifs is 1. The molecule has 1 heterocycles. The van der Waals surface area contributed by atoms with E-state index >= 15 is 0 Å². The molecule has 2 aromatic carbocycles. The number of imidazole rings is 1. The van der Waals surface area contributed by atoms with Gasteiger partial charge in [-0.25, -0.2) is 9.13 Å². The second-order valence-electron chi connectivity index (χ2n) is 6.49. The average Bonchev–Trinajstić information content (AvgIpc) is 2.94. The van der Waals surface area contributed by atoms with Gasteiger partial charge in [0.2, 0.25) is 0 Å². The van der Waals surface area contributed by atoms with E-state index in [0.29, 0.717) is 23.1 Å². The van der Waals surface area contributed by atoms with Crippen LogP contribution >= 0.6 is 23.2 Å². The minimum absolute atomic E-state index is 0.263. The van der Waals surface area contributed by atoms with Crippen LogP contribution in [0.4, 0.5) is 5.69 Å². The number of aryl methyl sites for hydroxylation is 2. The summed E-state index contributed by atoms with van der Waals surface area (Å²) in [4.78, 5) is 0. The van der Waals surface area contributed by atoms with E-state index in [1.807, 2.05) is 60.2 Å². The highest BCUT2D eigenvalue weighted by Gasteiger charge is 2.24. The van der Waals surface area contributed by atoms with Crippen molar-refractivity contribution in [1.82, 2.24) is 4.57 Å². The molecule has 0 aliphatic heterocycles. The molecule has 9 heteroatoms. The third-order valence-electron chi connectivity index (χ3n) is 4.51. The Labute approximate surface area is 180 Å². The van der Waals surface area contributed by atoms with Gasteiger partial charge in [0.1, 0.15) is 0 Å². The first-order chi connectivity index (χ1) is 13.8. The Morgan fingerprint density at radius 1 is 1.17 bits per heavy atom. The van der Waals surface area contributed by atoms with Crippen LogP contribution in [0.3, 0.4) is 0 Å². The van der Waals surface area contributed by atoms with Gasteiger partial charge in [-0.2, -0.15) is 8.42 Å². The van der Waals surface area contributed by atoms with Gasteiger partial charge in [0.25, 0.3) is 15.9 Å². The topological polar surface area (TPSA) is 75.2 Å². The maximum Gasteiger partial charge on any atom is 0.283 e. The Morgan fingerprint density at radius 3 is 2.52 bits per heavy atom. The van der Waals surface area contributed by atoms with E-state index in [1.165, 1.54) is 0 Å². The fraction of sp³-hybridized carbons (Fsp3) is 0.250. The molecular formula is C20H22Cl2N3O3S+. The fourth-order valence-corrected chi connectivity index (χ4v) is 4.06. The summed E-state index contributed by atoms with van der Waals surface area (Å²) in [7, 11) is -4.02. The van der Waals surface area contributed by atoms with Gasteiger partial charge < -0.3 is 5.32 Å². The Bertz CT molecular complexity index is 1140. The van der Waals surface area contributed by atoms with Gasteiger partial charge in [-0.1, -0.05) is 41.4 Å². The van der Waals surface area contributed by atoms with Gasteiger partial charge in [0.05, 0.1) is 28.9 Å². The van der Waals surface area contributed by atoms with Crippen molar-refractivity contribution >= 4 is 56.1 Å². The molecule has 29 heavy (non-hydrogen) atoms. The predicted octanol–water partition coefficient (Wildman–Crippen LogP) is 4.62. The minimum Gasteiger partial charge on any atom is -0.361 e. The van der Waals surface area contributed by atoms with Crippen LogP contribution in [0.5, 0.6) is 0 Å². The van der Waals surface area contributed by atoms with Gasteiger partial charge in [0.15, 0.2) is 11.0 Å². The molecule has 0 radical (unpaired) electrons. The second kappa shape index (κ2) is 9.17. The number of rotatable bonds is 8. The summed E-state index contributed by atoms with van der Waals surface area (Å²) >= 11 is 12.5. The number of benzene rings is 2. The number of hydrogen-bond donors (Lipinski definition) is 2. The van der Waals surface area contributed by atoms with E-state index in [2.05, 4.69) is 9.88 Å². The number of nitrogens with one attached hydrogen (secondary N) is 1. The molecule has 0 saturated carbocycles. The maximum atomic E-state index is 11.1. The van der Waals surface area contributed by atoms with Crippen molar-refractivity contribution in [2.24, 2.45) is 0 Å². The van der Waals surface area contributed by atoms with Gasteiger partial charge in [-0.3, -0.25) is 4.55 Å². The predicted molar refractivity (Wildman–Crippen MR) is 118 cm³/mol. The number of halogens is 2. The number of aromatic nitrogens is 2. The SMILES string of the molecule is CCn1c(C=CNc2ccccc2)[n+](CCCS(=O)(=O)O)c2cc(Cl)c(Cl)cc21. The molecule has 0 aliphatic rings. The summed E-state index contributed by atoms with van der Waals surface area (Å²) in [5, 5.41) is 4.10. The van der Waals surface area contributed by atoms with E-state index < -0.39 is 10.1 Å². The molecule has 0 unspecified atom stereocenters. The molecule has 0 spiro atoms. The monoisotopic (exact) mass is 454 g/mol. The molecule has 0 aliphatic carbocycles. The molecule has 154 valence electrons. The third-order valence-corrected chi connectivity index (χ3v) is 6.04. The molecule has 6 nitrogen and oxygen atoms in total. The van der Waals surface area contributed by atoms with Crippen LogP contribution in [0.2, 0.25) is 10.0 Å². The summed E-state index contributed by atoms with van der Waals surface area (Å²) < 4.78 is 35.4. The quantitative estimate of drug-likeness (QED) is 0.384. The van der Waals surface area contributed by atoms with Crippen LogP contribution in [-0.4, -0.2) is 23.3 Å². The van der Waals surface area contributed by atoms with Crippen LogP contribution < -0.4 is 9.88 Å². The molecule has 0 fully saturated rings. The zero-order valence-corrected chi connectivity index (χ0v) is 18.2. The van der Waals surface area contributed by atoms with Crippen LogP contribution in [0.15, 0.2) is 48.7 Å². The zero-order chi connectivity index (χ0) is 21.0. The number of hydrogen-bond acceptors (Lipinski definition) is 3. The van der Waals surface area contributed by atoms with E-state index in [9.17, 15) is 8.42 Å². The second-order valence-corrected chi connectivity index (χ2v) is 8.88. The van der Waals surface area contributed by atoms with Gasteiger partial charge in [0, 0.05) is 36.5 Å². The Hall–Kier alpha value is -2.06. The van der Waals surface area contributed by atoms with Crippen molar-refractivity contribution in [2.45, 2.75) is 26.4 Å². The van der Waals surface area contributed by atoms with Crippen LogP contribution in [-0.2, 0) is 23.2 Å². The van der Waals surface area contributed by atoms with E-state index in [0.717, 1.165) is 22.5 Å². The summed E-state index contributed by atoms with van der Waals surface area (Å²) in [5.74, 6) is 0.547. The molecule has 3 rings (SSSR count). The molecule has 1 aromatic heterocycles. The van der Waals surface area contributed by atoms with E-state index in [-0.39, 0.29) is 12.2 Å². The highest BCUT2D eigenvalue weighted by molar-refractivity contribution is 7.85. The van der Waals surface area contributed by atoms with Gasteiger partial charge >= 0.3 is 0 Å². The molecule has 2 N–H and O–H groups in total. The van der Waals surface area contributed by atoms with Crippen molar-refractivity contribution in [3.8, 4) is 0 Å². The molecule has 3 aromatic rings. The van der Waals surface area contributed by atoms with E-state index in [4.69, 9.17) is 27.8 Å². The summed E-state index contributed by atoms with van der Waals surface area (Å²) in [5.41, 5.74) is 2.69. The first-order valence-electron chi connectivity index (χ1n) is 9.14. The Kier molecular flexibility index (Phi) is 6.85. The first kappa shape index (κ1) is 21.6. The number of para-hydroxylation sites is 1. The first-order valence-corrected chi connectivity index (χ1v) is 11.5. The standard InChI is InChI=1S/C20H21Cl2N3O3S/c1-2-24-18-13-16(21)17(22)14-19(18)25(11-6-12-29(26,27)28)20(24)9-10-23-15-7-4-3-5-8-15/h3-5,7-10,13-14H,2,6,11-12H2,1H3,(H,26,27,28)/p+1. The molecule has 0 bridgehead atoms. The lowest BCUT2D eigenvalue weighted by molar-refractivity contribution is -0.673. The molecule has 0 atom stereocenters. The van der Waals surface area contributed by atoms with Crippen molar-refractivity contribution < 1.29 is 17.5 Å². The van der Waals surface area contributed by atoms with Crippen LogP contribution in [0.25, 0.3) is 17.1 Å². The largest absolute Gasteiger partial charge is 0.361 e. The van der Waals surface area contributed by atoms with Gasteiger partial charge in [-0.05, 0) is 19.1 Å². The lowest BCUT2D eigenvalue weighted by Crippen LogP contribution is -2.37. The summed E-state index contributed by atoms with van der Waals surface area (Å²) in [6.45, 7) is 3.10. The number of nitrogens with zero attached hydrogens (tertiary/aromatic N) is 2. The lowest BCUT2D eigenvalue weighted by Gasteiger charge is -2.02. The average molecular weight is 455 g/mol. The lowest BCUT2D eigenvalue weighted by atomic mass is 10.3. The van der Waals surface area contributed by atoms with Crippen molar-refractivity contribution in [2.75, 3.05) is 11.1 Å².